The van der Waals surface area contributed by atoms with E-state index in [1.54, 1.807) is 6.92 Å². The monoisotopic (exact) mass is 247 g/mol. The molecule has 4 fully saturated rings. The molecule has 0 atom stereocenters. The van der Waals surface area contributed by atoms with Crippen LogP contribution in [0.5, 0.6) is 0 Å². The van der Waals surface area contributed by atoms with E-state index < -0.39 is 5.97 Å². The van der Waals surface area contributed by atoms with Crippen molar-refractivity contribution >= 4 is 5.97 Å². The maximum absolute atomic E-state index is 11.0. The molecule has 0 amide bonds. The predicted octanol–water partition coefficient (Wildman–Crippen LogP) is 2.54. The fourth-order valence-corrected chi connectivity index (χ4v) is 5.44. The molecule has 4 aliphatic carbocycles. The van der Waals surface area contributed by atoms with Crippen LogP contribution < -0.4 is 5.11 Å². The van der Waals surface area contributed by atoms with E-state index in [0.29, 0.717) is 5.57 Å². The van der Waals surface area contributed by atoms with Gasteiger partial charge in [0.1, 0.15) is 0 Å². The van der Waals surface area contributed by atoms with Gasteiger partial charge in [-0.25, -0.2) is 0 Å². The highest BCUT2D eigenvalue weighted by Gasteiger charge is 2.55. The Kier molecular flexibility index (Phi) is 2.80. The summed E-state index contributed by atoms with van der Waals surface area (Å²) < 4.78 is 0. The molecule has 4 aliphatic rings. The molecule has 2 nitrogen and oxygen atoms in total. The highest BCUT2D eigenvalue weighted by molar-refractivity contribution is 5.84. The van der Waals surface area contributed by atoms with Crippen molar-refractivity contribution in [1.29, 1.82) is 0 Å². The molecule has 0 N–H and O–H groups in total. The van der Waals surface area contributed by atoms with Gasteiger partial charge in [0.05, 0.1) is 5.97 Å². The van der Waals surface area contributed by atoms with Gasteiger partial charge >= 0.3 is 0 Å². The molecule has 0 saturated heterocycles. The third-order valence-corrected chi connectivity index (χ3v) is 6.08. The number of hydrogen-bond donors (Lipinski definition) is 0. The molecule has 0 aromatic heterocycles. The van der Waals surface area contributed by atoms with E-state index in [4.69, 9.17) is 0 Å². The van der Waals surface area contributed by atoms with Crippen LogP contribution in [0.25, 0.3) is 0 Å². The Balaban J connectivity index is 1.96. The third kappa shape index (κ3) is 1.64. The molecule has 0 aromatic rings. The molecule has 2 heteroatoms. The van der Waals surface area contributed by atoms with Crippen molar-refractivity contribution < 1.29 is 9.90 Å². The number of carbonyl (C=O) groups is 1. The highest BCUT2D eigenvalue weighted by Crippen LogP contribution is 2.64. The number of carbonyl (C=O) groups excluding carboxylic acids is 1. The molecular weight excluding hydrogens is 224 g/mol. The van der Waals surface area contributed by atoms with Crippen LogP contribution in [0.2, 0.25) is 0 Å². The van der Waals surface area contributed by atoms with Crippen molar-refractivity contribution in [3.63, 3.8) is 0 Å². The maximum Gasteiger partial charge on any atom is 0.0669 e. The summed E-state index contributed by atoms with van der Waals surface area (Å²) in [6.07, 6.45) is 9.93. The first-order chi connectivity index (χ1) is 8.55. The summed E-state index contributed by atoms with van der Waals surface area (Å²) in [5, 5.41) is 11.0. The minimum Gasteiger partial charge on any atom is -0.545 e. The maximum atomic E-state index is 11.0. The number of allylic oxidation sites excluding steroid dienone is 1. The van der Waals surface area contributed by atoms with E-state index in [9.17, 15) is 9.90 Å². The lowest BCUT2D eigenvalue weighted by Crippen LogP contribution is -2.52. The fraction of sp³-hybridized carbons (Fsp3) is 0.812. The fourth-order valence-electron chi connectivity index (χ4n) is 5.44. The van der Waals surface area contributed by atoms with Crippen LogP contribution in [-0.2, 0) is 4.79 Å². The van der Waals surface area contributed by atoms with Crippen molar-refractivity contribution in [2.45, 2.75) is 52.4 Å². The quantitative estimate of drug-likeness (QED) is 0.719. The van der Waals surface area contributed by atoms with Crippen LogP contribution in [0.15, 0.2) is 11.6 Å². The highest BCUT2D eigenvalue weighted by atomic mass is 16.4. The van der Waals surface area contributed by atoms with Gasteiger partial charge < -0.3 is 9.90 Å². The number of aliphatic carboxylic acids is 1. The van der Waals surface area contributed by atoms with E-state index in [0.717, 1.165) is 30.1 Å². The van der Waals surface area contributed by atoms with Crippen LogP contribution in [-0.4, -0.2) is 5.97 Å². The molecule has 100 valence electrons. The Hall–Kier alpha value is -0.790. The summed E-state index contributed by atoms with van der Waals surface area (Å²) in [6, 6.07) is 0. The van der Waals surface area contributed by atoms with E-state index >= 15 is 0 Å². The van der Waals surface area contributed by atoms with Gasteiger partial charge in [0.2, 0.25) is 0 Å². The number of rotatable bonds is 3. The zero-order chi connectivity index (χ0) is 12.9. The third-order valence-electron chi connectivity index (χ3n) is 6.08. The summed E-state index contributed by atoms with van der Waals surface area (Å²) >= 11 is 0. The lowest BCUT2D eigenvalue weighted by atomic mass is 9.44. The second-order valence-electron chi connectivity index (χ2n) is 6.89. The van der Waals surface area contributed by atoms with Crippen molar-refractivity contribution in [3.8, 4) is 0 Å². The van der Waals surface area contributed by atoms with Gasteiger partial charge in [-0.2, -0.15) is 0 Å². The lowest BCUT2D eigenvalue weighted by Gasteiger charge is -2.60. The van der Waals surface area contributed by atoms with Crippen LogP contribution in [0.4, 0.5) is 0 Å². The van der Waals surface area contributed by atoms with E-state index in [1.165, 1.54) is 32.1 Å². The molecule has 4 rings (SSSR count). The first-order valence-corrected chi connectivity index (χ1v) is 7.46. The molecule has 0 aliphatic heterocycles. The van der Waals surface area contributed by atoms with Crippen molar-refractivity contribution in [2.24, 2.45) is 29.1 Å². The van der Waals surface area contributed by atoms with E-state index in [2.05, 4.69) is 13.0 Å². The first kappa shape index (κ1) is 12.3. The van der Waals surface area contributed by atoms with E-state index in [-0.39, 0.29) is 5.41 Å². The topological polar surface area (TPSA) is 40.1 Å². The summed E-state index contributed by atoms with van der Waals surface area (Å²) in [7, 11) is 0. The van der Waals surface area contributed by atoms with Gasteiger partial charge in [-0.1, -0.05) is 13.0 Å². The van der Waals surface area contributed by atoms with Crippen LogP contribution >= 0.6 is 0 Å². The van der Waals surface area contributed by atoms with Gasteiger partial charge in [0.25, 0.3) is 0 Å². The van der Waals surface area contributed by atoms with Crippen molar-refractivity contribution in [2.75, 3.05) is 0 Å². The summed E-state index contributed by atoms with van der Waals surface area (Å²) in [6.45, 7) is 3.94. The van der Waals surface area contributed by atoms with Crippen molar-refractivity contribution in [1.82, 2.24) is 0 Å². The number of hydrogen-bond acceptors (Lipinski definition) is 2. The Bertz CT molecular complexity index is 366. The average Bonchev–Trinajstić information content (AvgIpc) is 2.32. The Morgan fingerprint density at radius 3 is 2.06 bits per heavy atom. The molecule has 0 spiro atoms. The molecule has 18 heavy (non-hydrogen) atoms. The largest absolute Gasteiger partial charge is 0.545 e. The molecule has 4 saturated carbocycles. The standard InChI is InChI=1S/C16H24O2/c1-3-16(9-10(2)15(17)18)13-5-11-4-12(7-13)8-14(16)6-11/h9,11-14H,3-8H2,1-2H3,(H,17,18)/p-1. The summed E-state index contributed by atoms with van der Waals surface area (Å²) in [4.78, 5) is 11.0. The molecule has 4 bridgehead atoms. The lowest BCUT2D eigenvalue weighted by molar-refractivity contribution is -0.299. The number of carboxylic acids is 1. The van der Waals surface area contributed by atoms with Crippen LogP contribution in [0.3, 0.4) is 0 Å². The SMILES string of the molecule is CCC1(C=C(C)C(=O)[O-])C2CC3CC(C2)CC1C3. The zero-order valence-corrected chi connectivity index (χ0v) is 11.4. The van der Waals surface area contributed by atoms with Gasteiger partial charge in [-0.3, -0.25) is 0 Å². The molecule has 0 aromatic carbocycles. The second-order valence-corrected chi connectivity index (χ2v) is 6.89. The minimum absolute atomic E-state index is 0.164. The van der Waals surface area contributed by atoms with Crippen LogP contribution in [0, 0.1) is 29.1 Å². The Labute approximate surface area is 109 Å². The van der Waals surface area contributed by atoms with E-state index in [1.807, 2.05) is 0 Å². The van der Waals surface area contributed by atoms with Gasteiger partial charge in [-0.15, -0.1) is 0 Å². The Morgan fingerprint density at radius 2 is 1.67 bits per heavy atom. The summed E-state index contributed by atoms with van der Waals surface area (Å²) in [5.41, 5.74) is 0.613. The second kappa shape index (κ2) is 4.11. The Morgan fingerprint density at radius 1 is 1.17 bits per heavy atom. The van der Waals surface area contributed by atoms with Crippen molar-refractivity contribution in [3.05, 3.63) is 11.6 Å². The van der Waals surface area contributed by atoms with Gasteiger partial charge in [0.15, 0.2) is 0 Å². The minimum atomic E-state index is -0.989. The smallest absolute Gasteiger partial charge is 0.0669 e. The average molecular weight is 247 g/mol. The predicted molar refractivity (Wildman–Crippen MR) is 68.5 cm³/mol. The normalized spacial score (nSPS) is 46.4. The number of carboxylic acid groups (broad SMARTS) is 1. The zero-order valence-electron chi connectivity index (χ0n) is 11.4. The molecule has 0 unspecified atom stereocenters. The molecular formula is C16H23O2-. The van der Waals surface area contributed by atoms with Gasteiger partial charge in [0, 0.05) is 0 Å². The summed E-state index contributed by atoms with van der Waals surface area (Å²) in [5.74, 6) is 2.34. The molecule has 0 heterocycles. The van der Waals surface area contributed by atoms with Gasteiger partial charge in [-0.05, 0) is 80.1 Å². The first-order valence-electron chi connectivity index (χ1n) is 7.46. The van der Waals surface area contributed by atoms with Crippen LogP contribution in [0.1, 0.15) is 52.4 Å². The molecule has 0 radical (unpaired) electrons.